The first-order valence-electron chi connectivity index (χ1n) is 8.62. The Balaban J connectivity index is 2.73. The first kappa shape index (κ1) is 18.9. The fourth-order valence-electron chi connectivity index (χ4n) is 3.99. The minimum absolute atomic E-state index is 0.0316. The van der Waals surface area contributed by atoms with E-state index in [-0.39, 0.29) is 7.92 Å². The number of fused-ring (bicyclic) bond motifs is 1. The van der Waals surface area contributed by atoms with Crippen LogP contribution in [0.25, 0.3) is 0 Å². The third kappa shape index (κ3) is 2.46. The fraction of sp³-hybridized carbons (Fsp3) is 0.842. The largest absolute Gasteiger partial charge is 0.0822 e. The highest BCUT2D eigenvalue weighted by Crippen LogP contribution is 2.91. The van der Waals surface area contributed by atoms with Crippen LogP contribution in [0.2, 0.25) is 19.6 Å². The Bertz CT molecular complexity index is 556. The van der Waals surface area contributed by atoms with Gasteiger partial charge < -0.3 is 0 Å². The van der Waals surface area contributed by atoms with Gasteiger partial charge in [0.1, 0.15) is 0 Å². The Morgan fingerprint density at radius 3 is 1.55 bits per heavy atom. The third-order valence-electron chi connectivity index (χ3n) is 4.79. The molecule has 1 unspecified atom stereocenters. The molecule has 0 spiro atoms. The first-order chi connectivity index (χ1) is 9.46. The smallest absolute Gasteiger partial charge is 0.0787 e. The van der Waals surface area contributed by atoms with Crippen molar-refractivity contribution >= 4 is 29.2 Å². The van der Waals surface area contributed by atoms with Crippen molar-refractivity contribution in [3.05, 3.63) is 10.5 Å². The van der Waals surface area contributed by atoms with Gasteiger partial charge in [-0.05, 0) is 34.8 Å². The Morgan fingerprint density at radius 2 is 1.27 bits per heavy atom. The lowest BCUT2D eigenvalue weighted by Gasteiger charge is -2.70. The minimum atomic E-state index is -1.26. The summed E-state index contributed by atoms with van der Waals surface area (Å²) in [4.78, 5) is 2.42. The molecule has 0 aromatic rings. The Hall–Kier alpha value is 0.557. The summed E-state index contributed by atoms with van der Waals surface area (Å²) in [7, 11) is 0.357. The van der Waals surface area contributed by atoms with Gasteiger partial charge in [0.2, 0.25) is 0 Å². The van der Waals surface area contributed by atoms with Gasteiger partial charge in [0.05, 0.1) is 13.0 Å². The molecule has 0 radical (unpaired) electrons. The molecule has 22 heavy (non-hydrogen) atoms. The van der Waals surface area contributed by atoms with Crippen molar-refractivity contribution in [3.63, 3.8) is 0 Å². The maximum Gasteiger partial charge on any atom is 0.0787 e. The van der Waals surface area contributed by atoms with Gasteiger partial charge in [-0.1, -0.05) is 95.1 Å². The van der Waals surface area contributed by atoms with E-state index in [1.165, 1.54) is 0 Å². The number of hydrogen-bond acceptors (Lipinski definition) is 0. The van der Waals surface area contributed by atoms with Crippen LogP contribution < -0.4 is 0 Å². The Labute approximate surface area is 143 Å². The van der Waals surface area contributed by atoms with Gasteiger partial charge in [-0.3, -0.25) is 0 Å². The molecule has 2 rings (SSSR count). The molecule has 0 saturated carbocycles. The second kappa shape index (κ2) is 4.80. The lowest BCUT2D eigenvalue weighted by atomic mass is 9.75. The minimum Gasteiger partial charge on any atom is -0.0822 e. The van der Waals surface area contributed by atoms with Crippen molar-refractivity contribution in [2.24, 2.45) is 16.2 Å². The molecule has 0 N–H and O–H groups in total. The van der Waals surface area contributed by atoms with E-state index in [1.807, 2.05) is 15.5 Å². The third-order valence-corrected chi connectivity index (χ3v) is 16.4. The van der Waals surface area contributed by atoms with E-state index in [4.69, 9.17) is 0 Å². The van der Waals surface area contributed by atoms with Crippen LogP contribution in [0.3, 0.4) is 0 Å². The molecule has 2 aliphatic rings. The van der Waals surface area contributed by atoms with Gasteiger partial charge in [0, 0.05) is 0 Å². The SMILES string of the molecule is CC(C)(C)C1=P[C@]2(C(C)(C)C)C(C(C)(C)C)=C([Si](C)(C)C)P12. The molecule has 0 amide bonds. The summed E-state index contributed by atoms with van der Waals surface area (Å²) in [5.74, 6) is 0. The van der Waals surface area contributed by atoms with Gasteiger partial charge in [0.15, 0.2) is 0 Å². The van der Waals surface area contributed by atoms with E-state index >= 15 is 0 Å². The zero-order valence-corrected chi connectivity index (χ0v) is 19.7. The highest BCUT2D eigenvalue weighted by atomic mass is 31.2. The van der Waals surface area contributed by atoms with Crippen LogP contribution in [0, 0.1) is 16.2 Å². The fourth-order valence-corrected chi connectivity index (χ4v) is 16.8. The molecular weight excluding hydrogens is 318 g/mol. The molecule has 0 aromatic heterocycles. The molecule has 0 aliphatic carbocycles. The summed E-state index contributed by atoms with van der Waals surface area (Å²) in [6, 6.07) is 0. The quantitative estimate of drug-likeness (QED) is 0.337. The van der Waals surface area contributed by atoms with Crippen molar-refractivity contribution < 1.29 is 0 Å². The van der Waals surface area contributed by atoms with Gasteiger partial charge >= 0.3 is 0 Å². The van der Waals surface area contributed by atoms with Crippen molar-refractivity contribution in [1.82, 2.24) is 0 Å². The average molecular weight is 355 g/mol. The standard InChI is InChI=1S/C19H36P2Si/c1-16(2,3)13-14(22(10,11)12)21-15(17(4,5)6)20-19(13,21)18(7,8)9/h1-12H3/t19-,21?/m1/s1. The second-order valence-electron chi connectivity index (χ2n) is 11.2. The van der Waals surface area contributed by atoms with Gasteiger partial charge in [-0.25, -0.2) is 0 Å². The van der Waals surface area contributed by atoms with Crippen LogP contribution in [-0.4, -0.2) is 18.0 Å². The zero-order chi connectivity index (χ0) is 17.5. The topological polar surface area (TPSA) is 0 Å². The van der Waals surface area contributed by atoms with Gasteiger partial charge in [-0.15, -0.1) is 0 Å². The maximum atomic E-state index is 2.57. The summed E-state index contributed by atoms with van der Waals surface area (Å²) in [6.07, 6.45) is 0. The summed E-state index contributed by atoms with van der Waals surface area (Å²) in [5.41, 5.74) is 2.92. The van der Waals surface area contributed by atoms with Crippen molar-refractivity contribution in [2.45, 2.75) is 86.9 Å². The lowest BCUT2D eigenvalue weighted by Crippen LogP contribution is -2.59. The van der Waals surface area contributed by atoms with Crippen LogP contribution in [0.15, 0.2) is 10.5 Å². The molecule has 0 bridgehead atoms. The summed E-state index contributed by atoms with van der Waals surface area (Å²) < 4.78 is 0. The van der Waals surface area contributed by atoms with E-state index in [0.717, 1.165) is 0 Å². The number of rotatable bonds is 1. The van der Waals surface area contributed by atoms with E-state index in [1.54, 1.807) is 8.20 Å². The summed E-state index contributed by atoms with van der Waals surface area (Å²) in [5, 5.41) is 1.86. The Morgan fingerprint density at radius 1 is 0.818 bits per heavy atom. The Kier molecular flexibility index (Phi) is 4.12. The zero-order valence-electron chi connectivity index (χ0n) is 16.9. The monoisotopic (exact) mass is 354 g/mol. The molecule has 0 nitrogen and oxygen atoms in total. The molecular formula is C19H36P2Si. The molecule has 2 heterocycles. The van der Waals surface area contributed by atoms with Crippen LogP contribution in [0.4, 0.5) is 0 Å². The van der Waals surface area contributed by atoms with Crippen molar-refractivity contribution in [3.8, 4) is 0 Å². The molecule has 0 fully saturated rings. The molecule has 3 heteroatoms. The van der Waals surface area contributed by atoms with E-state index in [0.29, 0.717) is 21.1 Å². The molecule has 2 atom stereocenters. The summed E-state index contributed by atoms with van der Waals surface area (Å²) >= 11 is 0. The second-order valence-corrected chi connectivity index (χ2v) is 20.9. The first-order valence-corrected chi connectivity index (χ1v) is 14.4. The van der Waals surface area contributed by atoms with Crippen LogP contribution in [-0.2, 0) is 0 Å². The normalized spacial score (nSPS) is 30.4. The predicted molar refractivity (Wildman–Crippen MR) is 110 cm³/mol. The predicted octanol–water partition coefficient (Wildman–Crippen LogP) is 7.54. The van der Waals surface area contributed by atoms with Crippen LogP contribution in [0.5, 0.6) is 0 Å². The molecule has 0 saturated heterocycles. The van der Waals surface area contributed by atoms with Gasteiger partial charge in [-0.2, -0.15) is 0 Å². The summed E-state index contributed by atoms with van der Waals surface area (Å²) in [6.45, 7) is 29.8. The van der Waals surface area contributed by atoms with Crippen LogP contribution >= 0.6 is 16.1 Å². The van der Waals surface area contributed by atoms with Gasteiger partial charge in [0.25, 0.3) is 0 Å². The van der Waals surface area contributed by atoms with Crippen molar-refractivity contribution in [1.29, 1.82) is 0 Å². The van der Waals surface area contributed by atoms with E-state index in [2.05, 4.69) is 82.0 Å². The number of allylic oxidation sites excluding steroid dienone is 1. The number of hydrogen-bond donors (Lipinski definition) is 0. The van der Waals surface area contributed by atoms with E-state index in [9.17, 15) is 0 Å². The molecule has 0 aromatic carbocycles. The highest BCUT2D eigenvalue weighted by molar-refractivity contribution is 8.05. The average Bonchev–Trinajstić information content (AvgIpc) is 2.12. The van der Waals surface area contributed by atoms with Crippen LogP contribution in [0.1, 0.15) is 62.3 Å². The molecule has 2 aliphatic heterocycles. The highest BCUT2D eigenvalue weighted by Gasteiger charge is 2.69. The maximum absolute atomic E-state index is 2.57. The van der Waals surface area contributed by atoms with Crippen molar-refractivity contribution in [2.75, 3.05) is 0 Å². The lowest BCUT2D eigenvalue weighted by molar-refractivity contribution is 0.333. The van der Waals surface area contributed by atoms with E-state index < -0.39 is 8.07 Å². The molecule has 126 valence electrons.